The van der Waals surface area contributed by atoms with E-state index in [0.29, 0.717) is 26.7 Å². The second kappa shape index (κ2) is 10.5. The summed E-state index contributed by atoms with van der Waals surface area (Å²) in [5.41, 5.74) is 7.81. The first-order chi connectivity index (χ1) is 17.2. The Labute approximate surface area is 219 Å². The molecule has 8 nitrogen and oxygen atoms in total. The molecule has 0 aliphatic rings. The molecule has 0 bridgehead atoms. The van der Waals surface area contributed by atoms with E-state index >= 15 is 0 Å². The number of ketones is 1. The maximum absolute atomic E-state index is 13.0. The summed E-state index contributed by atoms with van der Waals surface area (Å²) in [6.07, 6.45) is 0. The number of carbonyl (C=O) groups is 3. The van der Waals surface area contributed by atoms with Crippen LogP contribution in [0.15, 0.2) is 48.5 Å². The molecule has 0 unspecified atom stereocenters. The summed E-state index contributed by atoms with van der Waals surface area (Å²) >= 11 is 13.1. The van der Waals surface area contributed by atoms with Crippen molar-refractivity contribution in [3.63, 3.8) is 0 Å². The molecular weight excluding hydrogens is 525 g/mol. The number of nitrogens with one attached hydrogen (secondary N) is 1. The van der Waals surface area contributed by atoms with Crippen LogP contribution < -0.4 is 15.8 Å². The van der Waals surface area contributed by atoms with Gasteiger partial charge in [-0.05, 0) is 55.5 Å². The molecule has 3 N–H and O–H groups in total. The monoisotopic (exact) mass is 543 g/mol. The van der Waals surface area contributed by atoms with E-state index in [9.17, 15) is 14.4 Å². The molecule has 11 heteroatoms. The Hall–Kier alpha value is -3.66. The van der Waals surface area contributed by atoms with Crippen molar-refractivity contribution in [3.8, 4) is 5.75 Å². The van der Waals surface area contributed by atoms with E-state index in [-0.39, 0.29) is 26.7 Å². The predicted octanol–water partition coefficient (Wildman–Crippen LogP) is 5.79. The Morgan fingerprint density at radius 3 is 2.58 bits per heavy atom. The van der Waals surface area contributed by atoms with Crippen molar-refractivity contribution < 1.29 is 23.9 Å². The molecule has 0 saturated heterocycles. The minimum absolute atomic E-state index is 0.0997. The van der Waals surface area contributed by atoms with Crippen LogP contribution in [-0.4, -0.2) is 36.4 Å². The second-order valence-corrected chi connectivity index (χ2v) is 9.49. The van der Waals surface area contributed by atoms with Gasteiger partial charge in [0.25, 0.3) is 5.91 Å². The van der Waals surface area contributed by atoms with Gasteiger partial charge in [-0.1, -0.05) is 23.2 Å². The molecule has 4 aromatic rings. The van der Waals surface area contributed by atoms with Gasteiger partial charge in [-0.15, -0.1) is 11.3 Å². The van der Waals surface area contributed by atoms with Crippen LogP contribution in [0.3, 0.4) is 0 Å². The number of hydrogen-bond donors (Lipinski definition) is 2. The lowest BCUT2D eigenvalue weighted by molar-refractivity contribution is 0.0474. The SMILES string of the molecule is COc1ccc(C(=O)OCC(=O)c2ccc(Cl)cc2Cl)cc1NC(=O)c1sc2nc(C)ccc2c1N. The first kappa shape index (κ1) is 25.4. The zero-order valence-electron chi connectivity index (χ0n) is 19.1. The molecule has 1 amide bonds. The number of Topliss-reactive ketones (excluding diaryl/α,β-unsaturated/α-hetero) is 1. The lowest BCUT2D eigenvalue weighted by atomic mass is 10.1. The van der Waals surface area contributed by atoms with Crippen molar-refractivity contribution in [2.45, 2.75) is 6.92 Å². The van der Waals surface area contributed by atoms with Crippen molar-refractivity contribution in [2.24, 2.45) is 0 Å². The van der Waals surface area contributed by atoms with E-state index in [1.807, 2.05) is 19.1 Å². The van der Waals surface area contributed by atoms with Gasteiger partial charge < -0.3 is 20.5 Å². The highest BCUT2D eigenvalue weighted by Crippen LogP contribution is 2.34. The number of ether oxygens (including phenoxy) is 2. The summed E-state index contributed by atoms with van der Waals surface area (Å²) < 4.78 is 10.5. The van der Waals surface area contributed by atoms with Gasteiger partial charge in [0.15, 0.2) is 6.61 Å². The number of methoxy groups -OCH3 is 1. The molecule has 0 saturated carbocycles. The summed E-state index contributed by atoms with van der Waals surface area (Å²) in [4.78, 5) is 43.4. The average molecular weight is 544 g/mol. The van der Waals surface area contributed by atoms with E-state index in [1.54, 1.807) is 0 Å². The second-order valence-electron chi connectivity index (χ2n) is 7.64. The maximum Gasteiger partial charge on any atom is 0.338 e. The van der Waals surface area contributed by atoms with Crippen LogP contribution in [0.2, 0.25) is 10.0 Å². The topological polar surface area (TPSA) is 121 Å². The van der Waals surface area contributed by atoms with Gasteiger partial charge in [0.05, 0.1) is 29.1 Å². The van der Waals surface area contributed by atoms with Crippen LogP contribution in [0.25, 0.3) is 10.2 Å². The van der Waals surface area contributed by atoms with Gasteiger partial charge in [0.1, 0.15) is 15.5 Å². The Morgan fingerprint density at radius 1 is 1.08 bits per heavy atom. The van der Waals surface area contributed by atoms with Crippen LogP contribution in [0.1, 0.15) is 36.1 Å². The van der Waals surface area contributed by atoms with E-state index in [1.165, 1.54) is 43.5 Å². The van der Waals surface area contributed by atoms with E-state index < -0.39 is 24.3 Å². The number of carbonyl (C=O) groups excluding carboxylic acids is 3. The quantitative estimate of drug-likeness (QED) is 0.223. The lowest BCUT2D eigenvalue weighted by Gasteiger charge is -2.12. The number of aryl methyl sites for hydroxylation is 1. The van der Waals surface area contributed by atoms with Gasteiger partial charge in [-0.25, -0.2) is 9.78 Å². The molecule has 36 heavy (non-hydrogen) atoms. The van der Waals surface area contributed by atoms with Crippen LogP contribution in [0, 0.1) is 6.92 Å². The van der Waals surface area contributed by atoms with Gasteiger partial charge in [-0.3, -0.25) is 9.59 Å². The fourth-order valence-corrected chi connectivity index (χ4v) is 4.93. The Bertz CT molecular complexity index is 1520. The van der Waals surface area contributed by atoms with Gasteiger partial charge in [0, 0.05) is 21.7 Å². The minimum atomic E-state index is -0.771. The molecule has 0 atom stereocenters. The molecule has 4 rings (SSSR count). The van der Waals surface area contributed by atoms with Crippen LogP contribution >= 0.6 is 34.5 Å². The van der Waals surface area contributed by atoms with Crippen LogP contribution in [0.5, 0.6) is 5.75 Å². The highest BCUT2D eigenvalue weighted by Gasteiger charge is 2.21. The van der Waals surface area contributed by atoms with Gasteiger partial charge in [0.2, 0.25) is 5.78 Å². The highest BCUT2D eigenvalue weighted by molar-refractivity contribution is 7.21. The first-order valence-electron chi connectivity index (χ1n) is 10.5. The van der Waals surface area contributed by atoms with E-state index in [0.717, 1.165) is 17.0 Å². The number of nitrogen functional groups attached to an aromatic ring is 1. The predicted molar refractivity (Wildman–Crippen MR) is 141 cm³/mol. The van der Waals surface area contributed by atoms with Crippen molar-refractivity contribution in [3.05, 3.63) is 80.3 Å². The number of rotatable bonds is 7. The number of nitrogens with zero attached hydrogens (tertiary/aromatic N) is 1. The van der Waals surface area contributed by atoms with E-state index in [4.69, 9.17) is 38.4 Å². The van der Waals surface area contributed by atoms with Gasteiger partial charge in [-0.2, -0.15) is 0 Å². The molecule has 2 heterocycles. The number of aromatic nitrogens is 1. The molecule has 0 fully saturated rings. The number of halogens is 2. The van der Waals surface area contributed by atoms with Crippen LogP contribution in [-0.2, 0) is 4.74 Å². The Morgan fingerprint density at radius 2 is 1.86 bits per heavy atom. The molecule has 0 aliphatic carbocycles. The Kier molecular flexibility index (Phi) is 7.44. The first-order valence-corrected chi connectivity index (χ1v) is 12.1. The van der Waals surface area contributed by atoms with Crippen molar-refractivity contribution >= 4 is 73.8 Å². The van der Waals surface area contributed by atoms with Crippen molar-refractivity contribution in [2.75, 3.05) is 24.8 Å². The third-order valence-corrected chi connectivity index (χ3v) is 6.85. The smallest absolute Gasteiger partial charge is 0.338 e. The summed E-state index contributed by atoms with van der Waals surface area (Å²) in [6, 6.07) is 12.4. The molecular formula is C25H19Cl2N3O5S. The largest absolute Gasteiger partial charge is 0.495 e. The lowest BCUT2D eigenvalue weighted by Crippen LogP contribution is -2.16. The summed E-state index contributed by atoms with van der Waals surface area (Å²) in [5.74, 6) is -1.43. The summed E-state index contributed by atoms with van der Waals surface area (Å²) in [5, 5.41) is 3.95. The summed E-state index contributed by atoms with van der Waals surface area (Å²) in [6.45, 7) is 1.32. The Balaban J connectivity index is 1.51. The number of anilines is 2. The van der Waals surface area contributed by atoms with Gasteiger partial charge >= 0.3 is 5.97 Å². The maximum atomic E-state index is 13.0. The minimum Gasteiger partial charge on any atom is -0.495 e. The number of esters is 1. The third kappa shape index (κ3) is 5.28. The fourth-order valence-electron chi connectivity index (χ4n) is 3.38. The van der Waals surface area contributed by atoms with Crippen molar-refractivity contribution in [1.82, 2.24) is 4.98 Å². The zero-order valence-corrected chi connectivity index (χ0v) is 21.4. The number of fused-ring (bicyclic) bond motifs is 1. The zero-order chi connectivity index (χ0) is 26.0. The average Bonchev–Trinajstić information content (AvgIpc) is 3.17. The standard InChI is InChI=1S/C25H19Cl2N3O5S/c1-12-3-6-16-21(28)22(36-24(16)29-12)23(32)30-18-9-13(4-8-20(18)34-2)25(33)35-11-19(31)15-7-5-14(26)10-17(15)27/h3-10H,11,28H2,1-2H3,(H,30,32). The fraction of sp³-hybridized carbons (Fsp3) is 0.120. The van der Waals surface area contributed by atoms with E-state index in [2.05, 4.69) is 10.3 Å². The molecule has 0 spiro atoms. The highest BCUT2D eigenvalue weighted by atomic mass is 35.5. The van der Waals surface area contributed by atoms with Crippen LogP contribution in [0.4, 0.5) is 11.4 Å². The molecule has 2 aromatic heterocycles. The summed E-state index contributed by atoms with van der Waals surface area (Å²) in [7, 11) is 1.43. The number of amides is 1. The normalized spacial score (nSPS) is 10.8. The van der Waals surface area contributed by atoms with Crippen molar-refractivity contribution in [1.29, 1.82) is 0 Å². The molecule has 0 aliphatic heterocycles. The number of nitrogens with two attached hydrogens (primary N) is 1. The number of hydrogen-bond acceptors (Lipinski definition) is 8. The molecule has 2 aromatic carbocycles. The number of pyridine rings is 1. The number of benzene rings is 2. The molecule has 0 radical (unpaired) electrons. The third-order valence-electron chi connectivity index (χ3n) is 5.19. The molecule has 184 valence electrons. The number of thiophene rings is 1.